The maximum atomic E-state index is 12.2. The Balaban J connectivity index is 0.00000176. The fourth-order valence-corrected chi connectivity index (χ4v) is 3.12. The van der Waals surface area contributed by atoms with Crippen LogP contribution in [0.5, 0.6) is 0 Å². The molecule has 1 N–H and O–H groups in total. The van der Waals surface area contributed by atoms with Crippen LogP contribution in [0.3, 0.4) is 0 Å². The Morgan fingerprint density at radius 3 is 2.32 bits per heavy atom. The van der Waals surface area contributed by atoms with E-state index in [0.717, 1.165) is 51.5 Å². The molecule has 0 spiro atoms. The summed E-state index contributed by atoms with van der Waals surface area (Å²) in [4.78, 5) is 16.7. The van der Waals surface area contributed by atoms with Gasteiger partial charge in [-0.25, -0.2) is 0 Å². The number of aryl methyl sites for hydroxylation is 2. The number of rotatable bonds is 3. The molecule has 22 heavy (non-hydrogen) atoms. The van der Waals surface area contributed by atoms with Crippen LogP contribution in [0.2, 0.25) is 0 Å². The molecular formula is C15H26ClN5O. The van der Waals surface area contributed by atoms with Gasteiger partial charge >= 0.3 is 0 Å². The first-order valence-corrected chi connectivity index (χ1v) is 7.77. The summed E-state index contributed by atoms with van der Waals surface area (Å²) < 4.78 is 1.95. The van der Waals surface area contributed by atoms with Crippen molar-refractivity contribution in [2.45, 2.75) is 20.4 Å². The predicted octanol–water partition coefficient (Wildman–Crippen LogP) is 0.322. The van der Waals surface area contributed by atoms with E-state index < -0.39 is 0 Å². The number of carbonyl (C=O) groups excluding carboxylic acids is 1. The van der Waals surface area contributed by atoms with Gasteiger partial charge in [0.05, 0.1) is 11.6 Å². The molecule has 2 aliphatic heterocycles. The number of piperazine rings is 1. The standard InChI is InChI=1S/C15H25N5O.ClH/c1-11-14(12(2)18(3)17-11)10-19-4-6-20(7-5-19)15(21)13-8-16-9-13;/h13,16H,4-10H2,1-3H3;1H. The smallest absolute Gasteiger partial charge is 0.228 e. The third kappa shape index (κ3) is 3.29. The van der Waals surface area contributed by atoms with Crippen LogP contribution < -0.4 is 5.32 Å². The monoisotopic (exact) mass is 327 g/mol. The number of nitrogens with zero attached hydrogens (tertiary/aromatic N) is 4. The molecule has 0 saturated carbocycles. The van der Waals surface area contributed by atoms with Gasteiger partial charge in [0.1, 0.15) is 0 Å². The molecule has 1 aromatic rings. The van der Waals surface area contributed by atoms with Crippen molar-refractivity contribution in [2.24, 2.45) is 13.0 Å². The number of amides is 1. The summed E-state index contributed by atoms with van der Waals surface area (Å²) in [6, 6.07) is 0. The molecule has 0 aromatic carbocycles. The van der Waals surface area contributed by atoms with Gasteiger partial charge in [0, 0.05) is 64.1 Å². The van der Waals surface area contributed by atoms with Gasteiger partial charge in [-0.1, -0.05) is 0 Å². The molecule has 124 valence electrons. The van der Waals surface area contributed by atoms with E-state index in [2.05, 4.69) is 29.2 Å². The topological polar surface area (TPSA) is 53.4 Å². The highest BCUT2D eigenvalue weighted by Gasteiger charge is 2.31. The van der Waals surface area contributed by atoms with Crippen LogP contribution in [0.25, 0.3) is 0 Å². The van der Waals surface area contributed by atoms with Crippen molar-refractivity contribution >= 4 is 18.3 Å². The maximum Gasteiger partial charge on any atom is 0.228 e. The van der Waals surface area contributed by atoms with E-state index in [1.807, 2.05) is 16.6 Å². The van der Waals surface area contributed by atoms with Crippen molar-refractivity contribution < 1.29 is 4.79 Å². The van der Waals surface area contributed by atoms with E-state index in [1.165, 1.54) is 11.3 Å². The minimum atomic E-state index is 0. The van der Waals surface area contributed by atoms with Gasteiger partial charge in [-0.3, -0.25) is 14.4 Å². The summed E-state index contributed by atoms with van der Waals surface area (Å²) in [5.41, 5.74) is 3.70. The highest BCUT2D eigenvalue weighted by atomic mass is 35.5. The lowest BCUT2D eigenvalue weighted by atomic mass is 10.0. The van der Waals surface area contributed by atoms with Crippen LogP contribution in [-0.4, -0.2) is 64.8 Å². The lowest BCUT2D eigenvalue weighted by molar-refractivity contribution is -0.138. The Labute approximate surface area is 138 Å². The Hall–Kier alpha value is -1.11. The van der Waals surface area contributed by atoms with Crippen LogP contribution in [-0.2, 0) is 18.4 Å². The molecule has 6 nitrogen and oxygen atoms in total. The SMILES string of the molecule is Cc1nn(C)c(C)c1CN1CCN(C(=O)C2CNC2)CC1.Cl. The minimum Gasteiger partial charge on any atom is -0.340 e. The molecule has 7 heteroatoms. The normalized spacial score (nSPS) is 19.7. The molecule has 0 unspecified atom stereocenters. The summed E-state index contributed by atoms with van der Waals surface area (Å²) in [5, 5.41) is 7.65. The summed E-state index contributed by atoms with van der Waals surface area (Å²) in [5.74, 6) is 0.557. The maximum absolute atomic E-state index is 12.2. The Morgan fingerprint density at radius 2 is 1.86 bits per heavy atom. The van der Waals surface area contributed by atoms with Gasteiger partial charge in [-0.05, 0) is 13.8 Å². The zero-order chi connectivity index (χ0) is 15.0. The lowest BCUT2D eigenvalue weighted by Gasteiger charge is -2.38. The molecule has 2 saturated heterocycles. The van der Waals surface area contributed by atoms with E-state index in [1.54, 1.807) is 0 Å². The Morgan fingerprint density at radius 1 is 1.23 bits per heavy atom. The zero-order valence-electron chi connectivity index (χ0n) is 13.6. The molecule has 0 atom stereocenters. The number of hydrogen-bond acceptors (Lipinski definition) is 4. The first-order valence-electron chi connectivity index (χ1n) is 7.77. The molecule has 2 aliphatic rings. The zero-order valence-corrected chi connectivity index (χ0v) is 14.4. The van der Waals surface area contributed by atoms with Gasteiger partial charge in [-0.2, -0.15) is 5.10 Å². The third-order valence-corrected chi connectivity index (χ3v) is 4.86. The molecule has 0 radical (unpaired) electrons. The summed E-state index contributed by atoms with van der Waals surface area (Å²) in [6.07, 6.45) is 0. The van der Waals surface area contributed by atoms with Crippen molar-refractivity contribution in [1.82, 2.24) is 24.9 Å². The van der Waals surface area contributed by atoms with Crippen molar-refractivity contribution in [3.63, 3.8) is 0 Å². The summed E-state index contributed by atoms with van der Waals surface area (Å²) >= 11 is 0. The van der Waals surface area contributed by atoms with Crippen LogP contribution in [0.1, 0.15) is 17.0 Å². The largest absolute Gasteiger partial charge is 0.340 e. The quantitative estimate of drug-likeness (QED) is 0.869. The van der Waals surface area contributed by atoms with Gasteiger partial charge in [0.2, 0.25) is 5.91 Å². The minimum absolute atomic E-state index is 0. The predicted molar refractivity (Wildman–Crippen MR) is 88.1 cm³/mol. The molecule has 0 bridgehead atoms. The van der Waals surface area contributed by atoms with Gasteiger partial charge in [0.15, 0.2) is 0 Å². The first-order chi connectivity index (χ1) is 10.1. The number of hydrogen-bond donors (Lipinski definition) is 1. The second kappa shape index (κ2) is 6.98. The van der Waals surface area contributed by atoms with E-state index in [9.17, 15) is 4.79 Å². The first kappa shape index (κ1) is 17.2. The van der Waals surface area contributed by atoms with Gasteiger partial charge in [-0.15, -0.1) is 12.4 Å². The molecule has 1 aromatic heterocycles. The van der Waals surface area contributed by atoms with Crippen LogP contribution in [0.15, 0.2) is 0 Å². The number of aromatic nitrogens is 2. The molecule has 3 rings (SSSR count). The third-order valence-electron chi connectivity index (χ3n) is 4.86. The van der Waals surface area contributed by atoms with Crippen molar-refractivity contribution in [1.29, 1.82) is 0 Å². The van der Waals surface area contributed by atoms with E-state index in [-0.39, 0.29) is 18.3 Å². The molecule has 0 aliphatic carbocycles. The average molecular weight is 328 g/mol. The Kier molecular flexibility index (Phi) is 5.47. The van der Waals surface area contributed by atoms with Crippen molar-refractivity contribution in [3.05, 3.63) is 17.0 Å². The number of carbonyl (C=O) groups is 1. The van der Waals surface area contributed by atoms with E-state index in [0.29, 0.717) is 5.91 Å². The molecular weight excluding hydrogens is 302 g/mol. The van der Waals surface area contributed by atoms with Crippen LogP contribution >= 0.6 is 12.4 Å². The number of nitrogens with one attached hydrogen (secondary N) is 1. The van der Waals surface area contributed by atoms with E-state index >= 15 is 0 Å². The molecule has 1 amide bonds. The summed E-state index contributed by atoms with van der Waals surface area (Å²) in [6.45, 7) is 10.5. The highest BCUT2D eigenvalue weighted by Crippen LogP contribution is 2.17. The fourth-order valence-electron chi connectivity index (χ4n) is 3.12. The lowest BCUT2D eigenvalue weighted by Crippen LogP contribution is -2.56. The average Bonchev–Trinajstić information content (AvgIpc) is 2.64. The number of halogens is 1. The Bertz CT molecular complexity index is 532. The second-order valence-electron chi connectivity index (χ2n) is 6.23. The van der Waals surface area contributed by atoms with Crippen molar-refractivity contribution in [2.75, 3.05) is 39.3 Å². The second-order valence-corrected chi connectivity index (χ2v) is 6.23. The van der Waals surface area contributed by atoms with Crippen LogP contribution in [0, 0.1) is 19.8 Å². The fraction of sp³-hybridized carbons (Fsp3) is 0.733. The summed E-state index contributed by atoms with van der Waals surface area (Å²) in [7, 11) is 2.00. The molecule has 2 fully saturated rings. The van der Waals surface area contributed by atoms with Gasteiger partial charge < -0.3 is 10.2 Å². The van der Waals surface area contributed by atoms with E-state index in [4.69, 9.17) is 0 Å². The molecule has 3 heterocycles. The van der Waals surface area contributed by atoms with Gasteiger partial charge in [0.25, 0.3) is 0 Å². The highest BCUT2D eigenvalue weighted by molar-refractivity contribution is 5.85. The van der Waals surface area contributed by atoms with Crippen molar-refractivity contribution in [3.8, 4) is 0 Å². The van der Waals surface area contributed by atoms with Crippen LogP contribution in [0.4, 0.5) is 0 Å².